The van der Waals surface area contributed by atoms with E-state index < -0.39 is 0 Å². The average Bonchev–Trinajstić information content (AvgIpc) is 2.97. The predicted molar refractivity (Wildman–Crippen MR) is 89.6 cm³/mol. The van der Waals surface area contributed by atoms with E-state index in [0.29, 0.717) is 6.04 Å². The van der Waals surface area contributed by atoms with Gasteiger partial charge in [0, 0.05) is 44.6 Å². The molecule has 2 heterocycles. The fourth-order valence-corrected chi connectivity index (χ4v) is 3.25. The number of likely N-dealkylation sites (N-methyl/N-ethyl adjacent to an activating group) is 1. The third-order valence-electron chi connectivity index (χ3n) is 4.55. The third kappa shape index (κ3) is 3.39. The quantitative estimate of drug-likeness (QED) is 0.848. The highest BCUT2D eigenvalue weighted by Crippen LogP contribution is 2.24. The Kier molecular flexibility index (Phi) is 4.90. The van der Waals surface area contributed by atoms with E-state index in [4.69, 9.17) is 0 Å². The molecule has 0 N–H and O–H groups in total. The van der Waals surface area contributed by atoms with E-state index in [-0.39, 0.29) is 0 Å². The Labute approximate surface area is 133 Å². The summed E-state index contributed by atoms with van der Waals surface area (Å²) in [5.41, 5.74) is 1.41. The molecule has 0 spiro atoms. The summed E-state index contributed by atoms with van der Waals surface area (Å²) in [6, 6.07) is 11.3. The largest absolute Gasteiger partial charge is 0.334 e. The number of hydrogen-bond donors (Lipinski definition) is 0. The zero-order valence-corrected chi connectivity index (χ0v) is 13.7. The summed E-state index contributed by atoms with van der Waals surface area (Å²) in [6.45, 7) is 7.51. The van der Waals surface area contributed by atoms with Crippen molar-refractivity contribution in [3.05, 3.63) is 54.1 Å². The lowest BCUT2D eigenvalue weighted by atomic mass is 10.0. The van der Waals surface area contributed by atoms with Gasteiger partial charge in [0.25, 0.3) is 0 Å². The number of hydrogen-bond acceptors (Lipinski definition) is 3. The van der Waals surface area contributed by atoms with Crippen LogP contribution in [0.1, 0.15) is 30.8 Å². The zero-order chi connectivity index (χ0) is 15.4. The van der Waals surface area contributed by atoms with Gasteiger partial charge in [-0.1, -0.05) is 37.3 Å². The predicted octanol–water partition coefficient (Wildman–Crippen LogP) is 2.78. The second-order valence-electron chi connectivity index (χ2n) is 6.18. The van der Waals surface area contributed by atoms with E-state index >= 15 is 0 Å². The number of aryl methyl sites for hydroxylation is 1. The van der Waals surface area contributed by atoms with E-state index in [9.17, 15) is 0 Å². The van der Waals surface area contributed by atoms with Crippen LogP contribution in [-0.2, 0) is 13.1 Å². The smallest absolute Gasteiger partial charge is 0.122 e. The number of nitrogens with zero attached hydrogens (tertiary/aromatic N) is 4. The maximum Gasteiger partial charge on any atom is 0.122 e. The lowest BCUT2D eigenvalue weighted by Crippen LogP contribution is -2.46. The molecule has 0 amide bonds. The van der Waals surface area contributed by atoms with Crippen molar-refractivity contribution in [3.63, 3.8) is 0 Å². The molecule has 0 radical (unpaired) electrons. The Morgan fingerprint density at radius 2 is 2.00 bits per heavy atom. The third-order valence-corrected chi connectivity index (χ3v) is 4.55. The van der Waals surface area contributed by atoms with Crippen LogP contribution in [0.15, 0.2) is 42.7 Å². The minimum Gasteiger partial charge on any atom is -0.334 e. The maximum absolute atomic E-state index is 4.55. The van der Waals surface area contributed by atoms with Gasteiger partial charge in [-0.25, -0.2) is 4.98 Å². The first-order valence-corrected chi connectivity index (χ1v) is 8.25. The van der Waals surface area contributed by atoms with Crippen molar-refractivity contribution in [1.29, 1.82) is 0 Å². The lowest BCUT2D eigenvalue weighted by Gasteiger charge is -2.39. The molecule has 1 fully saturated rings. The molecular formula is C18H26N4. The van der Waals surface area contributed by atoms with Gasteiger partial charge < -0.3 is 4.57 Å². The summed E-state index contributed by atoms with van der Waals surface area (Å²) < 4.78 is 2.29. The first-order chi connectivity index (χ1) is 10.8. The van der Waals surface area contributed by atoms with Crippen LogP contribution in [0.2, 0.25) is 0 Å². The van der Waals surface area contributed by atoms with Crippen LogP contribution in [0, 0.1) is 0 Å². The number of piperazine rings is 1. The molecule has 1 aromatic heterocycles. The SMILES string of the molecule is CCCn1ccnc1CN1CCN(C)[C@@H](c2ccccc2)C1. The molecule has 3 rings (SSSR count). The van der Waals surface area contributed by atoms with E-state index in [0.717, 1.165) is 39.1 Å². The van der Waals surface area contributed by atoms with E-state index in [2.05, 4.69) is 69.9 Å². The summed E-state index contributed by atoms with van der Waals surface area (Å²) in [5, 5.41) is 0. The minimum atomic E-state index is 0.476. The van der Waals surface area contributed by atoms with Crippen LogP contribution in [0.25, 0.3) is 0 Å². The standard InChI is InChI=1S/C18H26N4/c1-3-10-22-11-9-19-18(22)15-21-13-12-20(2)17(14-21)16-7-5-4-6-8-16/h4-9,11,17H,3,10,12-15H2,1-2H3/t17-/m1/s1. The van der Waals surface area contributed by atoms with Crippen molar-refractivity contribution in [3.8, 4) is 0 Å². The Morgan fingerprint density at radius 3 is 2.77 bits per heavy atom. The topological polar surface area (TPSA) is 24.3 Å². The minimum absolute atomic E-state index is 0.476. The van der Waals surface area contributed by atoms with Crippen LogP contribution in [0.3, 0.4) is 0 Å². The van der Waals surface area contributed by atoms with Crippen molar-refractivity contribution in [1.82, 2.24) is 19.4 Å². The van der Waals surface area contributed by atoms with Crippen LogP contribution < -0.4 is 0 Å². The second-order valence-corrected chi connectivity index (χ2v) is 6.18. The second kappa shape index (κ2) is 7.07. The van der Waals surface area contributed by atoms with Crippen LogP contribution in [0.4, 0.5) is 0 Å². The van der Waals surface area contributed by atoms with Crippen LogP contribution >= 0.6 is 0 Å². The number of imidazole rings is 1. The van der Waals surface area contributed by atoms with Gasteiger partial charge in [-0.3, -0.25) is 9.80 Å². The van der Waals surface area contributed by atoms with Crippen molar-refractivity contribution in [2.24, 2.45) is 0 Å². The lowest BCUT2D eigenvalue weighted by molar-refractivity contribution is 0.0878. The van der Waals surface area contributed by atoms with Gasteiger partial charge in [-0.05, 0) is 19.0 Å². The van der Waals surface area contributed by atoms with Gasteiger partial charge >= 0.3 is 0 Å². The van der Waals surface area contributed by atoms with Crippen LogP contribution in [-0.4, -0.2) is 46.0 Å². The summed E-state index contributed by atoms with van der Waals surface area (Å²) in [4.78, 5) is 9.55. The van der Waals surface area contributed by atoms with Gasteiger partial charge in [-0.2, -0.15) is 0 Å². The molecule has 4 heteroatoms. The van der Waals surface area contributed by atoms with Gasteiger partial charge in [-0.15, -0.1) is 0 Å². The fraction of sp³-hybridized carbons (Fsp3) is 0.500. The molecule has 118 valence electrons. The first kappa shape index (κ1) is 15.3. The van der Waals surface area contributed by atoms with Gasteiger partial charge in [0.15, 0.2) is 0 Å². The normalized spacial score (nSPS) is 20.4. The average molecular weight is 298 g/mol. The van der Waals surface area contributed by atoms with Gasteiger partial charge in [0.2, 0.25) is 0 Å². The molecule has 0 aliphatic carbocycles. The molecule has 0 unspecified atom stereocenters. The summed E-state index contributed by atoms with van der Waals surface area (Å²) >= 11 is 0. The molecule has 1 atom stereocenters. The van der Waals surface area contributed by atoms with Gasteiger partial charge in [0.05, 0.1) is 6.54 Å². The number of benzene rings is 1. The molecule has 1 aliphatic rings. The van der Waals surface area contributed by atoms with Crippen molar-refractivity contribution in [2.45, 2.75) is 32.5 Å². The summed E-state index contributed by atoms with van der Waals surface area (Å²) in [5.74, 6) is 1.19. The summed E-state index contributed by atoms with van der Waals surface area (Å²) in [6.07, 6.45) is 5.18. The monoisotopic (exact) mass is 298 g/mol. The highest BCUT2D eigenvalue weighted by atomic mass is 15.3. The van der Waals surface area contributed by atoms with Crippen LogP contribution in [0.5, 0.6) is 0 Å². The highest BCUT2D eigenvalue weighted by molar-refractivity contribution is 5.20. The Morgan fingerprint density at radius 1 is 1.18 bits per heavy atom. The molecular weight excluding hydrogens is 272 g/mol. The van der Waals surface area contributed by atoms with E-state index in [1.807, 2.05) is 6.20 Å². The highest BCUT2D eigenvalue weighted by Gasteiger charge is 2.26. The molecule has 22 heavy (non-hydrogen) atoms. The van der Waals surface area contributed by atoms with Crippen molar-refractivity contribution in [2.75, 3.05) is 26.7 Å². The van der Waals surface area contributed by atoms with Gasteiger partial charge in [0.1, 0.15) is 5.82 Å². The molecule has 1 aromatic carbocycles. The fourth-order valence-electron chi connectivity index (χ4n) is 3.25. The molecule has 4 nitrogen and oxygen atoms in total. The molecule has 1 saturated heterocycles. The molecule has 2 aromatic rings. The number of aromatic nitrogens is 2. The van der Waals surface area contributed by atoms with E-state index in [1.165, 1.54) is 11.4 Å². The Balaban J connectivity index is 1.69. The molecule has 1 aliphatic heterocycles. The van der Waals surface area contributed by atoms with E-state index in [1.54, 1.807) is 0 Å². The first-order valence-electron chi connectivity index (χ1n) is 8.25. The Bertz CT molecular complexity index is 578. The van der Waals surface area contributed by atoms with Crippen molar-refractivity contribution >= 4 is 0 Å². The molecule has 0 bridgehead atoms. The Hall–Kier alpha value is -1.65. The maximum atomic E-state index is 4.55. The molecule has 0 saturated carbocycles. The summed E-state index contributed by atoms with van der Waals surface area (Å²) in [7, 11) is 2.23. The zero-order valence-electron chi connectivity index (χ0n) is 13.7. The van der Waals surface area contributed by atoms with Crippen molar-refractivity contribution < 1.29 is 0 Å². The number of rotatable bonds is 5.